The molecule has 2 rings (SSSR count). The fourth-order valence-corrected chi connectivity index (χ4v) is 3.50. The molecule has 21 heavy (non-hydrogen) atoms. The molecule has 0 spiro atoms. The highest BCUT2D eigenvalue weighted by Gasteiger charge is 2.36. The Morgan fingerprint density at radius 3 is 2.76 bits per heavy atom. The van der Waals surface area contributed by atoms with Gasteiger partial charge in [0.15, 0.2) is 0 Å². The Morgan fingerprint density at radius 1 is 1.52 bits per heavy atom. The second-order valence-electron chi connectivity index (χ2n) is 5.03. The highest BCUT2D eigenvalue weighted by Crippen LogP contribution is 2.29. The van der Waals surface area contributed by atoms with Crippen LogP contribution >= 0.6 is 15.9 Å². The molecule has 0 saturated carbocycles. The second-order valence-corrected chi connectivity index (χ2v) is 5.68. The average Bonchev–Trinajstić information content (AvgIpc) is 2.80. The lowest BCUT2D eigenvalue weighted by Gasteiger charge is -2.25. The second kappa shape index (κ2) is 6.05. The third kappa shape index (κ3) is 2.90. The van der Waals surface area contributed by atoms with Gasteiger partial charge in [0.25, 0.3) is 5.91 Å². The number of benzene rings is 1. The maximum absolute atomic E-state index is 14.1. The molecule has 1 saturated heterocycles. The van der Waals surface area contributed by atoms with Crippen molar-refractivity contribution in [2.45, 2.75) is 19.4 Å². The van der Waals surface area contributed by atoms with Gasteiger partial charge in [-0.3, -0.25) is 14.9 Å². The van der Waals surface area contributed by atoms with Crippen LogP contribution in [0.2, 0.25) is 0 Å². The van der Waals surface area contributed by atoms with Crippen LogP contribution in [0.25, 0.3) is 0 Å². The van der Waals surface area contributed by atoms with Gasteiger partial charge in [0.2, 0.25) is 5.82 Å². The van der Waals surface area contributed by atoms with Gasteiger partial charge in [-0.15, -0.1) is 0 Å². The zero-order valence-corrected chi connectivity index (χ0v) is 12.8. The van der Waals surface area contributed by atoms with Crippen molar-refractivity contribution in [2.24, 2.45) is 5.92 Å². The maximum atomic E-state index is 14.1. The summed E-state index contributed by atoms with van der Waals surface area (Å²) < 4.78 is 27.5. The molecule has 2 atom stereocenters. The fourth-order valence-electron chi connectivity index (χ4n) is 2.51. The van der Waals surface area contributed by atoms with E-state index >= 15 is 0 Å². The monoisotopic (exact) mass is 362 g/mol. The number of carbonyl (C=O) groups excluding carboxylic acids is 1. The summed E-state index contributed by atoms with van der Waals surface area (Å²) in [5.41, 5.74) is -1.62. The predicted octanol–water partition coefficient (Wildman–Crippen LogP) is 3.12. The van der Waals surface area contributed by atoms with E-state index in [0.717, 1.165) is 6.42 Å². The molecule has 114 valence electrons. The first-order valence-corrected chi connectivity index (χ1v) is 7.49. The minimum atomic E-state index is -1.29. The van der Waals surface area contributed by atoms with Crippen LogP contribution in [-0.4, -0.2) is 33.6 Å². The van der Waals surface area contributed by atoms with Crippen molar-refractivity contribution in [3.63, 3.8) is 0 Å². The number of nitrogens with zero attached hydrogens (tertiary/aromatic N) is 2. The first-order chi connectivity index (χ1) is 9.86. The molecule has 0 aliphatic carbocycles. The summed E-state index contributed by atoms with van der Waals surface area (Å²) in [7, 11) is 0. The molecule has 1 fully saturated rings. The predicted molar refractivity (Wildman–Crippen MR) is 75.4 cm³/mol. The van der Waals surface area contributed by atoms with Gasteiger partial charge in [0, 0.05) is 17.9 Å². The van der Waals surface area contributed by atoms with Gasteiger partial charge in [0.1, 0.15) is 5.82 Å². The number of alkyl halides is 1. The lowest BCUT2D eigenvalue weighted by Crippen LogP contribution is -2.39. The Labute approximate surface area is 128 Å². The summed E-state index contributed by atoms with van der Waals surface area (Å²) in [5.74, 6) is -2.79. The van der Waals surface area contributed by atoms with Crippen LogP contribution in [0, 0.1) is 27.7 Å². The Hall–Kier alpha value is -1.57. The van der Waals surface area contributed by atoms with E-state index in [4.69, 9.17) is 0 Å². The summed E-state index contributed by atoms with van der Waals surface area (Å²) in [4.78, 5) is 23.5. The minimum absolute atomic E-state index is 0.140. The zero-order valence-electron chi connectivity index (χ0n) is 11.2. The Kier molecular flexibility index (Phi) is 4.55. The van der Waals surface area contributed by atoms with Gasteiger partial charge in [0.05, 0.1) is 16.6 Å². The van der Waals surface area contributed by atoms with Crippen molar-refractivity contribution in [3.05, 3.63) is 39.4 Å². The molecule has 1 heterocycles. The van der Waals surface area contributed by atoms with Gasteiger partial charge in [-0.25, -0.2) is 4.39 Å². The highest BCUT2D eigenvalue weighted by atomic mass is 79.9. The van der Waals surface area contributed by atoms with Crippen molar-refractivity contribution in [3.8, 4) is 0 Å². The van der Waals surface area contributed by atoms with Crippen LogP contribution in [0.15, 0.2) is 12.1 Å². The average molecular weight is 363 g/mol. The first-order valence-electron chi connectivity index (χ1n) is 6.37. The quantitative estimate of drug-likeness (QED) is 0.471. The van der Waals surface area contributed by atoms with Crippen molar-refractivity contribution in [1.82, 2.24) is 4.90 Å². The van der Waals surface area contributed by atoms with E-state index < -0.39 is 33.7 Å². The van der Waals surface area contributed by atoms with E-state index in [-0.39, 0.29) is 12.0 Å². The Bertz CT molecular complexity index is 597. The van der Waals surface area contributed by atoms with Gasteiger partial charge in [-0.1, -0.05) is 22.9 Å². The van der Waals surface area contributed by atoms with Crippen molar-refractivity contribution >= 4 is 27.5 Å². The van der Waals surface area contributed by atoms with Crippen LogP contribution in [0.3, 0.4) is 0 Å². The lowest BCUT2D eigenvalue weighted by molar-refractivity contribution is -0.387. The van der Waals surface area contributed by atoms with Crippen LogP contribution in [0.1, 0.15) is 23.7 Å². The number of rotatable bonds is 3. The molecule has 0 radical (unpaired) electrons. The molecule has 0 aromatic heterocycles. The summed E-state index contributed by atoms with van der Waals surface area (Å²) >= 11 is 3.30. The van der Waals surface area contributed by atoms with Gasteiger partial charge in [-0.2, -0.15) is 4.39 Å². The van der Waals surface area contributed by atoms with E-state index in [2.05, 4.69) is 15.9 Å². The van der Waals surface area contributed by atoms with Gasteiger partial charge < -0.3 is 4.90 Å². The van der Waals surface area contributed by atoms with E-state index in [9.17, 15) is 23.7 Å². The molecule has 2 unspecified atom stereocenters. The summed E-state index contributed by atoms with van der Waals surface area (Å²) in [6.45, 7) is 2.38. The van der Waals surface area contributed by atoms with Crippen LogP contribution in [0.5, 0.6) is 0 Å². The maximum Gasteiger partial charge on any atom is 0.308 e. The first kappa shape index (κ1) is 15.8. The normalized spacial score (nSPS) is 21.6. The third-order valence-corrected chi connectivity index (χ3v) is 4.41. The van der Waals surface area contributed by atoms with Gasteiger partial charge >= 0.3 is 5.69 Å². The van der Waals surface area contributed by atoms with Crippen LogP contribution < -0.4 is 0 Å². The smallest absolute Gasteiger partial charge is 0.308 e. The van der Waals surface area contributed by atoms with E-state index in [0.29, 0.717) is 24.0 Å². The van der Waals surface area contributed by atoms with Gasteiger partial charge in [-0.05, 0) is 18.4 Å². The molecule has 1 aliphatic rings. The number of hydrogen-bond acceptors (Lipinski definition) is 3. The number of carbonyl (C=O) groups is 1. The molecule has 0 bridgehead atoms. The van der Waals surface area contributed by atoms with Crippen LogP contribution in [0.4, 0.5) is 14.5 Å². The van der Waals surface area contributed by atoms with E-state index in [1.807, 2.05) is 6.92 Å². The molecule has 1 aromatic carbocycles. The molecular formula is C13H13BrF2N2O3. The molecule has 1 aliphatic heterocycles. The lowest BCUT2D eigenvalue weighted by atomic mass is 10.0. The standard InChI is InChI=1S/C13H13BrF2N2O3/c1-7-2-3-17(11(7)6-14)13(19)9-4-8(15)5-10(12(9)16)18(20)21/h4-5,7,11H,2-3,6H2,1H3. The topological polar surface area (TPSA) is 63.5 Å². The minimum Gasteiger partial charge on any atom is -0.334 e. The van der Waals surface area contributed by atoms with E-state index in [1.165, 1.54) is 4.90 Å². The molecular weight excluding hydrogens is 350 g/mol. The number of hydrogen-bond donors (Lipinski definition) is 0. The van der Waals surface area contributed by atoms with E-state index in [1.54, 1.807) is 0 Å². The SMILES string of the molecule is CC1CCN(C(=O)c2cc(F)cc([N+](=O)[O-])c2F)C1CBr. The molecule has 0 N–H and O–H groups in total. The number of nitro benzene ring substituents is 1. The molecule has 8 heteroatoms. The summed E-state index contributed by atoms with van der Waals surface area (Å²) in [6.07, 6.45) is 0.751. The van der Waals surface area contributed by atoms with Crippen molar-refractivity contribution in [2.75, 3.05) is 11.9 Å². The third-order valence-electron chi connectivity index (χ3n) is 3.75. The number of likely N-dealkylation sites (tertiary alicyclic amines) is 1. The summed E-state index contributed by atoms with van der Waals surface area (Å²) in [6, 6.07) is 1.04. The van der Waals surface area contributed by atoms with Crippen molar-refractivity contribution < 1.29 is 18.5 Å². The molecule has 1 aromatic rings. The largest absolute Gasteiger partial charge is 0.334 e. The highest BCUT2D eigenvalue weighted by molar-refractivity contribution is 9.09. The fraction of sp³-hybridized carbons (Fsp3) is 0.462. The summed E-state index contributed by atoms with van der Waals surface area (Å²) in [5, 5.41) is 11.2. The van der Waals surface area contributed by atoms with Crippen molar-refractivity contribution in [1.29, 1.82) is 0 Å². The zero-order chi connectivity index (χ0) is 15.7. The molecule has 5 nitrogen and oxygen atoms in total. The molecule has 1 amide bonds. The van der Waals surface area contributed by atoms with Crippen LogP contribution in [-0.2, 0) is 0 Å². The number of amides is 1. The number of nitro groups is 1. The number of halogens is 3. The Balaban J connectivity index is 2.42. The Morgan fingerprint density at radius 2 is 2.19 bits per heavy atom.